The Kier molecular flexibility index (Phi) is 6.54. The molecule has 2 N–H and O–H groups in total. The van der Waals surface area contributed by atoms with E-state index < -0.39 is 0 Å². The van der Waals surface area contributed by atoms with Crippen LogP contribution < -0.4 is 5.32 Å². The van der Waals surface area contributed by atoms with Crippen molar-refractivity contribution < 1.29 is 0 Å². The fourth-order valence-electron chi connectivity index (χ4n) is 2.20. The molecule has 0 saturated heterocycles. The highest BCUT2D eigenvalue weighted by atomic mass is 15.0. The summed E-state index contributed by atoms with van der Waals surface area (Å²) in [5, 5.41) is 11.7. The summed E-state index contributed by atoms with van der Waals surface area (Å²) in [6.45, 7) is 8.67. The van der Waals surface area contributed by atoms with Crippen LogP contribution in [0.4, 0.5) is 5.82 Å². The van der Waals surface area contributed by atoms with Gasteiger partial charge in [0.2, 0.25) is 0 Å². The van der Waals surface area contributed by atoms with Gasteiger partial charge in [-0.1, -0.05) is 34.1 Å². The zero-order chi connectivity index (χ0) is 14.3. The fourth-order valence-corrected chi connectivity index (χ4v) is 2.20. The third-order valence-corrected chi connectivity index (χ3v) is 3.22. The second-order valence-electron chi connectivity index (χ2n) is 5.51. The summed E-state index contributed by atoms with van der Waals surface area (Å²) in [5.74, 6) is 1.37. The number of nitrogens with one attached hydrogen (secondary N) is 2. The van der Waals surface area contributed by atoms with E-state index in [4.69, 9.17) is 5.41 Å². The largest absolute Gasteiger partial charge is 0.367 e. The fraction of sp³-hybridized carbons (Fsp3) is 0.625. The van der Waals surface area contributed by atoms with Crippen LogP contribution in [0.1, 0.15) is 58.9 Å². The Hall–Kier alpha value is -1.38. The van der Waals surface area contributed by atoms with Crippen LogP contribution in [0.25, 0.3) is 0 Å². The Labute approximate surface area is 117 Å². The molecule has 106 valence electrons. The lowest BCUT2D eigenvalue weighted by atomic mass is 10.0. The zero-order valence-corrected chi connectivity index (χ0v) is 12.7. The molecule has 0 bridgehead atoms. The van der Waals surface area contributed by atoms with Crippen molar-refractivity contribution in [2.24, 2.45) is 5.92 Å². The van der Waals surface area contributed by atoms with E-state index in [1.165, 1.54) is 0 Å². The SMILES string of the molecule is CCCC(CC)Nc1ncccc1C(=N)CC(C)C. The van der Waals surface area contributed by atoms with E-state index in [0.29, 0.717) is 17.7 Å². The molecule has 0 aliphatic heterocycles. The van der Waals surface area contributed by atoms with Crippen molar-refractivity contribution in [3.63, 3.8) is 0 Å². The van der Waals surface area contributed by atoms with Gasteiger partial charge in [0.15, 0.2) is 0 Å². The Bertz CT molecular complexity index is 399. The molecule has 1 atom stereocenters. The third-order valence-electron chi connectivity index (χ3n) is 3.22. The van der Waals surface area contributed by atoms with E-state index in [1.54, 1.807) is 6.20 Å². The van der Waals surface area contributed by atoms with Gasteiger partial charge in [0.05, 0.1) is 0 Å². The van der Waals surface area contributed by atoms with Crippen molar-refractivity contribution in [3.8, 4) is 0 Å². The highest BCUT2D eigenvalue weighted by molar-refractivity contribution is 6.02. The molecule has 3 nitrogen and oxygen atoms in total. The van der Waals surface area contributed by atoms with Crippen molar-refractivity contribution in [3.05, 3.63) is 23.9 Å². The average Bonchev–Trinajstić information content (AvgIpc) is 2.38. The maximum atomic E-state index is 8.22. The van der Waals surface area contributed by atoms with Crippen LogP contribution >= 0.6 is 0 Å². The molecule has 0 saturated carbocycles. The lowest BCUT2D eigenvalue weighted by molar-refractivity contribution is 0.620. The summed E-state index contributed by atoms with van der Waals surface area (Å²) >= 11 is 0. The molecule has 19 heavy (non-hydrogen) atoms. The van der Waals surface area contributed by atoms with Gasteiger partial charge in [-0.15, -0.1) is 0 Å². The Morgan fingerprint density at radius 3 is 2.68 bits per heavy atom. The van der Waals surface area contributed by atoms with Crippen molar-refractivity contribution in [2.45, 2.75) is 59.4 Å². The molecule has 1 heterocycles. The predicted molar refractivity (Wildman–Crippen MR) is 83.1 cm³/mol. The van der Waals surface area contributed by atoms with Gasteiger partial charge in [-0.3, -0.25) is 0 Å². The first-order chi connectivity index (χ1) is 9.08. The first-order valence-corrected chi connectivity index (χ1v) is 7.37. The van der Waals surface area contributed by atoms with Crippen LogP contribution in [0.2, 0.25) is 0 Å². The van der Waals surface area contributed by atoms with Crippen LogP contribution in [0.3, 0.4) is 0 Å². The van der Waals surface area contributed by atoms with E-state index in [-0.39, 0.29) is 0 Å². The van der Waals surface area contributed by atoms with E-state index in [2.05, 4.69) is 38.0 Å². The van der Waals surface area contributed by atoms with Gasteiger partial charge >= 0.3 is 0 Å². The molecule has 0 radical (unpaired) electrons. The molecular weight excluding hydrogens is 234 g/mol. The van der Waals surface area contributed by atoms with Gasteiger partial charge in [-0.25, -0.2) is 4.98 Å². The maximum absolute atomic E-state index is 8.22. The van der Waals surface area contributed by atoms with Crippen LogP contribution in [0.5, 0.6) is 0 Å². The summed E-state index contributed by atoms with van der Waals surface area (Å²) in [6.07, 6.45) is 5.99. The number of nitrogens with zero attached hydrogens (tertiary/aromatic N) is 1. The summed E-state index contributed by atoms with van der Waals surface area (Å²) in [7, 11) is 0. The maximum Gasteiger partial charge on any atom is 0.135 e. The second kappa shape index (κ2) is 7.93. The molecule has 0 fully saturated rings. The lowest BCUT2D eigenvalue weighted by Gasteiger charge is -2.19. The molecule has 0 aromatic carbocycles. The molecule has 1 rings (SSSR count). The molecule has 1 unspecified atom stereocenters. The van der Waals surface area contributed by atoms with Crippen LogP contribution in [0, 0.1) is 11.3 Å². The summed E-state index contributed by atoms with van der Waals surface area (Å²) in [6, 6.07) is 4.36. The highest BCUT2D eigenvalue weighted by Gasteiger charge is 2.13. The number of pyridine rings is 1. The Morgan fingerprint density at radius 1 is 1.37 bits per heavy atom. The topological polar surface area (TPSA) is 48.8 Å². The number of hydrogen-bond donors (Lipinski definition) is 2. The van der Waals surface area contributed by atoms with Gasteiger partial charge in [-0.05, 0) is 37.3 Å². The monoisotopic (exact) mass is 261 g/mol. The number of hydrogen-bond acceptors (Lipinski definition) is 3. The van der Waals surface area contributed by atoms with Crippen molar-refractivity contribution >= 4 is 11.5 Å². The summed E-state index contributed by atoms with van der Waals surface area (Å²) in [5.41, 5.74) is 1.63. The minimum Gasteiger partial charge on any atom is -0.367 e. The van der Waals surface area contributed by atoms with Crippen molar-refractivity contribution in [1.82, 2.24) is 4.98 Å². The highest BCUT2D eigenvalue weighted by Crippen LogP contribution is 2.19. The van der Waals surface area contributed by atoms with E-state index >= 15 is 0 Å². The van der Waals surface area contributed by atoms with Crippen molar-refractivity contribution in [2.75, 3.05) is 5.32 Å². The molecule has 0 spiro atoms. The normalized spacial score (nSPS) is 12.5. The molecule has 3 heteroatoms. The van der Waals surface area contributed by atoms with Gasteiger partial charge in [-0.2, -0.15) is 0 Å². The average molecular weight is 261 g/mol. The van der Waals surface area contributed by atoms with E-state index in [1.807, 2.05) is 12.1 Å². The summed E-state index contributed by atoms with van der Waals surface area (Å²) < 4.78 is 0. The number of rotatable bonds is 8. The molecular formula is C16H27N3. The van der Waals surface area contributed by atoms with Gasteiger partial charge in [0.25, 0.3) is 0 Å². The van der Waals surface area contributed by atoms with Gasteiger partial charge in [0, 0.05) is 23.5 Å². The summed E-state index contributed by atoms with van der Waals surface area (Å²) in [4.78, 5) is 4.43. The third kappa shape index (κ3) is 5.01. The molecule has 0 aliphatic rings. The van der Waals surface area contributed by atoms with Crippen molar-refractivity contribution in [1.29, 1.82) is 5.41 Å². The van der Waals surface area contributed by atoms with Crippen LogP contribution in [-0.2, 0) is 0 Å². The lowest BCUT2D eigenvalue weighted by Crippen LogP contribution is -2.21. The molecule has 0 amide bonds. The first-order valence-electron chi connectivity index (χ1n) is 7.37. The predicted octanol–water partition coefficient (Wildman–Crippen LogP) is 4.49. The number of anilines is 1. The zero-order valence-electron chi connectivity index (χ0n) is 12.7. The minimum atomic E-state index is 0.450. The number of aromatic nitrogens is 1. The molecule has 0 aliphatic carbocycles. The van der Waals surface area contributed by atoms with E-state index in [0.717, 1.165) is 37.1 Å². The Balaban J connectivity index is 2.86. The quantitative estimate of drug-likeness (QED) is 0.677. The minimum absolute atomic E-state index is 0.450. The standard InChI is InChI=1S/C16H27N3/c1-5-8-13(6-2)19-16-14(9-7-10-18-16)15(17)11-12(3)4/h7,9-10,12-13,17H,5-6,8,11H2,1-4H3,(H,18,19). The molecule has 1 aromatic heterocycles. The smallest absolute Gasteiger partial charge is 0.135 e. The van der Waals surface area contributed by atoms with Crippen LogP contribution in [-0.4, -0.2) is 16.7 Å². The molecule has 1 aromatic rings. The van der Waals surface area contributed by atoms with E-state index in [9.17, 15) is 0 Å². The van der Waals surface area contributed by atoms with Gasteiger partial charge < -0.3 is 10.7 Å². The second-order valence-corrected chi connectivity index (χ2v) is 5.51. The van der Waals surface area contributed by atoms with Gasteiger partial charge in [0.1, 0.15) is 5.82 Å². The van der Waals surface area contributed by atoms with Crippen LogP contribution in [0.15, 0.2) is 18.3 Å². The Morgan fingerprint density at radius 2 is 2.11 bits per heavy atom. The first kappa shape index (κ1) is 15.7.